The Kier molecular flexibility index (Phi) is 3.94. The molecule has 3 N–H and O–H groups in total. The predicted molar refractivity (Wildman–Crippen MR) is 66.1 cm³/mol. The zero-order valence-electron chi connectivity index (χ0n) is 10.7. The first-order valence-corrected chi connectivity index (χ1v) is 5.66. The van der Waals surface area contributed by atoms with E-state index in [1.807, 2.05) is 0 Å². The number of nitrogens with one attached hydrogen (secondary N) is 1. The van der Waals surface area contributed by atoms with Gasteiger partial charge in [-0.2, -0.15) is 18.2 Å². The highest BCUT2D eigenvalue weighted by Gasteiger charge is 2.34. The van der Waals surface area contributed by atoms with Crippen LogP contribution in [0.15, 0.2) is 24.3 Å². The molecule has 2 aromatic rings. The van der Waals surface area contributed by atoms with Crippen LogP contribution in [0.4, 0.5) is 23.5 Å². The summed E-state index contributed by atoms with van der Waals surface area (Å²) in [6.07, 6.45) is -4.81. The Labute approximate surface area is 116 Å². The van der Waals surface area contributed by atoms with Gasteiger partial charge in [0.15, 0.2) is 0 Å². The van der Waals surface area contributed by atoms with Crippen LogP contribution in [0.3, 0.4) is 0 Å². The molecule has 1 heterocycles. The third-order valence-electron chi connectivity index (χ3n) is 2.43. The maximum atomic E-state index is 13.2. The third kappa shape index (κ3) is 3.57. The second kappa shape index (κ2) is 5.52. The number of ether oxygens (including phenoxy) is 1. The van der Waals surface area contributed by atoms with E-state index in [2.05, 4.69) is 15.4 Å². The number of nitrogen functional groups attached to an aromatic ring is 1. The highest BCUT2D eigenvalue weighted by molar-refractivity contribution is 5.36. The molecule has 0 aliphatic heterocycles. The Morgan fingerprint density at radius 2 is 1.90 bits per heavy atom. The van der Waals surface area contributed by atoms with E-state index < -0.39 is 17.6 Å². The second-order valence-electron chi connectivity index (χ2n) is 4.06. The summed E-state index contributed by atoms with van der Waals surface area (Å²) in [6.45, 7) is 1.63. The van der Waals surface area contributed by atoms with E-state index in [4.69, 9.17) is 10.6 Å². The maximum Gasteiger partial charge on any atom is 0.419 e. The molecule has 0 spiro atoms. The van der Waals surface area contributed by atoms with Crippen LogP contribution in [0.1, 0.15) is 11.3 Å². The van der Waals surface area contributed by atoms with Crippen molar-refractivity contribution in [3.05, 3.63) is 41.3 Å². The number of aryl methyl sites for hydroxylation is 1. The first kappa shape index (κ1) is 15.0. The molecule has 0 atom stereocenters. The normalized spacial score (nSPS) is 11.3. The van der Waals surface area contributed by atoms with Gasteiger partial charge in [0.05, 0.1) is 5.56 Å². The zero-order valence-corrected chi connectivity index (χ0v) is 10.7. The molecule has 2 rings (SSSR count). The summed E-state index contributed by atoms with van der Waals surface area (Å²) in [5.74, 6) is 3.60. The van der Waals surface area contributed by atoms with Gasteiger partial charge in [-0.05, 0) is 25.1 Å². The lowest BCUT2D eigenvalue weighted by molar-refractivity contribution is -0.140. The van der Waals surface area contributed by atoms with Crippen molar-refractivity contribution in [2.45, 2.75) is 13.1 Å². The Morgan fingerprint density at radius 3 is 2.52 bits per heavy atom. The number of hydrogen-bond acceptors (Lipinski definition) is 5. The molecular weight excluding hydrogens is 292 g/mol. The van der Waals surface area contributed by atoms with Gasteiger partial charge in [-0.25, -0.2) is 15.2 Å². The summed E-state index contributed by atoms with van der Waals surface area (Å²) in [5, 5.41) is 0. The average Bonchev–Trinajstić information content (AvgIpc) is 2.39. The number of rotatable bonds is 3. The number of nitrogens with zero attached hydrogens (tertiary/aromatic N) is 2. The highest BCUT2D eigenvalue weighted by atomic mass is 19.4. The highest BCUT2D eigenvalue weighted by Crippen LogP contribution is 2.34. The van der Waals surface area contributed by atoms with Crippen LogP contribution in [0, 0.1) is 12.7 Å². The molecule has 0 unspecified atom stereocenters. The summed E-state index contributed by atoms with van der Waals surface area (Å²) in [4.78, 5) is 7.71. The van der Waals surface area contributed by atoms with Crippen molar-refractivity contribution in [2.75, 3.05) is 5.43 Å². The minimum absolute atomic E-state index is 0.0183. The number of hydrazine groups is 1. The molecule has 0 bridgehead atoms. The largest absolute Gasteiger partial charge is 0.439 e. The lowest BCUT2D eigenvalue weighted by Gasteiger charge is -2.11. The number of hydrogen-bond donors (Lipinski definition) is 2. The summed E-state index contributed by atoms with van der Waals surface area (Å²) >= 11 is 0. The first-order valence-electron chi connectivity index (χ1n) is 5.66. The second-order valence-corrected chi connectivity index (χ2v) is 4.06. The lowest BCUT2D eigenvalue weighted by Crippen LogP contribution is -2.11. The smallest absolute Gasteiger partial charge is 0.419 e. The predicted octanol–water partition coefficient (Wildman–Crippen LogP) is 3.02. The monoisotopic (exact) mass is 302 g/mol. The number of halogens is 4. The van der Waals surface area contributed by atoms with E-state index in [-0.39, 0.29) is 17.6 Å². The van der Waals surface area contributed by atoms with Gasteiger partial charge in [-0.1, -0.05) is 0 Å². The fourth-order valence-electron chi connectivity index (χ4n) is 1.56. The van der Waals surface area contributed by atoms with Gasteiger partial charge in [0.1, 0.15) is 11.6 Å². The standard InChI is InChI=1S/C12H10F4N4O/c1-6-4-10(19-11(18-6)20-17)21-7-2-3-9(13)8(5-7)12(14,15)16/h2-5H,17H2,1H3,(H,18,19,20). The Hall–Kier alpha value is -2.42. The SMILES string of the molecule is Cc1cc(Oc2ccc(F)c(C(F)(F)F)c2)nc(NN)n1. The van der Waals surface area contributed by atoms with Crippen LogP contribution in [-0.2, 0) is 6.18 Å². The molecule has 21 heavy (non-hydrogen) atoms. The van der Waals surface area contributed by atoms with Gasteiger partial charge in [0.25, 0.3) is 0 Å². The number of aromatic nitrogens is 2. The molecule has 0 saturated heterocycles. The van der Waals surface area contributed by atoms with Crippen LogP contribution >= 0.6 is 0 Å². The fraction of sp³-hybridized carbons (Fsp3) is 0.167. The first-order chi connectivity index (χ1) is 9.79. The van der Waals surface area contributed by atoms with Crippen molar-refractivity contribution in [1.29, 1.82) is 0 Å². The van der Waals surface area contributed by atoms with E-state index in [1.54, 1.807) is 6.92 Å². The van der Waals surface area contributed by atoms with Crippen molar-refractivity contribution in [3.8, 4) is 11.6 Å². The molecule has 5 nitrogen and oxygen atoms in total. The molecule has 0 aliphatic carbocycles. The Morgan fingerprint density at radius 1 is 1.19 bits per heavy atom. The van der Waals surface area contributed by atoms with Gasteiger partial charge < -0.3 is 4.74 Å². The Balaban J connectivity index is 2.34. The summed E-state index contributed by atoms with van der Waals surface area (Å²) in [7, 11) is 0. The topological polar surface area (TPSA) is 73.1 Å². The van der Waals surface area contributed by atoms with Crippen molar-refractivity contribution in [3.63, 3.8) is 0 Å². The molecule has 0 radical (unpaired) electrons. The fourth-order valence-corrected chi connectivity index (χ4v) is 1.56. The minimum atomic E-state index is -4.81. The number of alkyl halides is 3. The summed E-state index contributed by atoms with van der Waals surface area (Å²) in [5.41, 5.74) is 1.27. The third-order valence-corrected chi connectivity index (χ3v) is 2.43. The van der Waals surface area contributed by atoms with Crippen molar-refractivity contribution < 1.29 is 22.3 Å². The van der Waals surface area contributed by atoms with Gasteiger partial charge in [-0.3, -0.25) is 5.43 Å². The van der Waals surface area contributed by atoms with Crippen LogP contribution in [-0.4, -0.2) is 9.97 Å². The Bertz CT molecular complexity index is 660. The molecule has 1 aromatic carbocycles. The molecule has 112 valence electrons. The van der Waals surface area contributed by atoms with Crippen LogP contribution in [0.25, 0.3) is 0 Å². The van der Waals surface area contributed by atoms with Gasteiger partial charge in [0.2, 0.25) is 11.8 Å². The molecule has 0 amide bonds. The van der Waals surface area contributed by atoms with Crippen LogP contribution in [0.2, 0.25) is 0 Å². The molecule has 1 aromatic heterocycles. The van der Waals surface area contributed by atoms with E-state index >= 15 is 0 Å². The molecule has 0 aliphatic rings. The molecule has 0 saturated carbocycles. The lowest BCUT2D eigenvalue weighted by atomic mass is 10.2. The average molecular weight is 302 g/mol. The van der Waals surface area contributed by atoms with E-state index in [9.17, 15) is 17.6 Å². The van der Waals surface area contributed by atoms with E-state index in [0.29, 0.717) is 17.8 Å². The molecular formula is C12H10F4N4O. The molecule has 9 heteroatoms. The van der Waals surface area contributed by atoms with Crippen molar-refractivity contribution in [2.24, 2.45) is 5.84 Å². The number of nitrogens with two attached hydrogens (primary N) is 1. The quantitative estimate of drug-likeness (QED) is 0.518. The maximum absolute atomic E-state index is 13.2. The van der Waals surface area contributed by atoms with Gasteiger partial charge in [-0.15, -0.1) is 0 Å². The van der Waals surface area contributed by atoms with Gasteiger partial charge >= 0.3 is 6.18 Å². The molecule has 0 fully saturated rings. The van der Waals surface area contributed by atoms with Crippen molar-refractivity contribution in [1.82, 2.24) is 9.97 Å². The number of benzene rings is 1. The van der Waals surface area contributed by atoms with Crippen LogP contribution in [0.5, 0.6) is 11.6 Å². The number of anilines is 1. The summed E-state index contributed by atoms with van der Waals surface area (Å²) in [6, 6.07) is 3.70. The zero-order chi connectivity index (χ0) is 15.6. The van der Waals surface area contributed by atoms with E-state index in [1.165, 1.54) is 6.07 Å². The van der Waals surface area contributed by atoms with Crippen molar-refractivity contribution >= 4 is 5.95 Å². The van der Waals surface area contributed by atoms with Crippen LogP contribution < -0.4 is 16.0 Å². The minimum Gasteiger partial charge on any atom is -0.439 e. The van der Waals surface area contributed by atoms with Gasteiger partial charge in [0, 0.05) is 11.8 Å². The summed E-state index contributed by atoms with van der Waals surface area (Å²) < 4.78 is 56.1. The van der Waals surface area contributed by atoms with E-state index in [0.717, 1.165) is 6.07 Å².